The van der Waals surface area contributed by atoms with E-state index in [0.717, 1.165) is 56.5 Å². The van der Waals surface area contributed by atoms with Gasteiger partial charge in [-0.1, -0.05) is 52.7 Å². The first-order chi connectivity index (χ1) is 16.1. The van der Waals surface area contributed by atoms with Crippen molar-refractivity contribution in [3.8, 4) is 0 Å². The molecule has 3 atom stereocenters. The Morgan fingerprint density at radius 3 is 2.68 bits per heavy atom. The summed E-state index contributed by atoms with van der Waals surface area (Å²) >= 11 is 0. The maximum Gasteiger partial charge on any atom is 0.251 e. The zero-order chi connectivity index (χ0) is 25.7. The molecule has 3 N–H and O–H groups in total. The first-order valence-electron chi connectivity index (χ1n) is 13.0. The zero-order valence-electron chi connectivity index (χ0n) is 23.0. The molecule has 0 saturated carbocycles. The first-order valence-corrected chi connectivity index (χ1v) is 15.3. The molecule has 0 spiro atoms. The minimum atomic E-state index is 0.0300. The summed E-state index contributed by atoms with van der Waals surface area (Å²) in [6, 6.07) is 0.0300. The van der Waals surface area contributed by atoms with Crippen molar-refractivity contribution >= 4 is 27.5 Å². The Balaban J connectivity index is 2.85. The normalized spacial score (nSPS) is 20.0. The van der Waals surface area contributed by atoms with Gasteiger partial charge >= 0.3 is 0 Å². The third kappa shape index (κ3) is 10.7. The molecule has 0 aromatic heterocycles. The highest BCUT2D eigenvalue weighted by Crippen LogP contribution is 2.37. The van der Waals surface area contributed by atoms with E-state index in [1.165, 1.54) is 11.1 Å². The Hall–Kier alpha value is -0.470. The average molecular weight is 514 g/mol. The van der Waals surface area contributed by atoms with Crippen molar-refractivity contribution in [3.05, 3.63) is 22.8 Å². The van der Waals surface area contributed by atoms with Crippen LogP contribution in [0.2, 0.25) is 0 Å². The predicted octanol–water partition coefficient (Wildman–Crippen LogP) is 5.67. The van der Waals surface area contributed by atoms with Gasteiger partial charge in [0.15, 0.2) is 0 Å². The predicted molar refractivity (Wildman–Crippen MR) is 152 cm³/mol. The molecule has 34 heavy (non-hydrogen) atoms. The van der Waals surface area contributed by atoms with E-state index in [9.17, 15) is 4.79 Å². The van der Waals surface area contributed by atoms with Gasteiger partial charge in [-0.15, -0.1) is 0 Å². The number of nitrogens with one attached hydrogen (secondary N) is 1. The van der Waals surface area contributed by atoms with Crippen molar-refractivity contribution in [1.29, 1.82) is 0 Å². The second-order valence-electron chi connectivity index (χ2n) is 10.3. The zero-order valence-corrected chi connectivity index (χ0v) is 24.7. The number of amides is 1. The summed E-state index contributed by atoms with van der Waals surface area (Å²) in [5, 5.41) is 3.27. The second-order valence-corrected chi connectivity index (χ2v) is 13.4. The number of carbonyl (C=O) groups excluding carboxylic acids is 1. The van der Waals surface area contributed by atoms with E-state index in [0.29, 0.717) is 25.0 Å². The standard InChI is InChI=1S/C27H51N3O2S2/c1-9-14-32-18-25-20(3)16-22(17-30(8)26(25)31)23(10-2)24(21(4)28)13-11-12-15-33-34-27(5,6)19-29-7/h13,21-23,29H,9-12,14-19,28H2,1-8H3/b24-13+. The maximum absolute atomic E-state index is 13.0. The van der Waals surface area contributed by atoms with Crippen molar-refractivity contribution < 1.29 is 9.53 Å². The highest BCUT2D eigenvalue weighted by molar-refractivity contribution is 8.77. The third-order valence-corrected chi connectivity index (χ3v) is 9.83. The molecule has 0 saturated heterocycles. The van der Waals surface area contributed by atoms with Gasteiger partial charge in [-0.05, 0) is 78.7 Å². The molecule has 5 nitrogen and oxygen atoms in total. The summed E-state index contributed by atoms with van der Waals surface area (Å²) in [5.74, 6) is 2.03. The Labute approximate surface area is 217 Å². The number of hydrogen-bond acceptors (Lipinski definition) is 6. The van der Waals surface area contributed by atoms with Gasteiger partial charge in [0.05, 0.1) is 6.61 Å². The van der Waals surface area contributed by atoms with Gasteiger partial charge in [0.1, 0.15) is 0 Å². The van der Waals surface area contributed by atoms with Crippen LogP contribution >= 0.6 is 21.6 Å². The van der Waals surface area contributed by atoms with Gasteiger partial charge in [-0.25, -0.2) is 0 Å². The number of carbonyl (C=O) groups is 1. The number of hydrogen-bond donors (Lipinski definition) is 2. The third-order valence-electron chi connectivity index (χ3n) is 6.45. The van der Waals surface area contributed by atoms with E-state index in [1.54, 1.807) is 0 Å². The van der Waals surface area contributed by atoms with Crippen LogP contribution in [-0.4, -0.2) is 67.7 Å². The van der Waals surface area contributed by atoms with Crippen molar-refractivity contribution in [3.63, 3.8) is 0 Å². The lowest BCUT2D eigenvalue weighted by Gasteiger charge is -2.32. The fraction of sp³-hybridized carbons (Fsp3) is 0.815. The number of allylic oxidation sites excluding steroid dienone is 2. The number of ether oxygens (including phenoxy) is 1. The molecular formula is C27H51N3O2S2. The van der Waals surface area contributed by atoms with Crippen molar-refractivity contribution in [1.82, 2.24) is 10.2 Å². The molecule has 0 aromatic carbocycles. The summed E-state index contributed by atoms with van der Waals surface area (Å²) in [4.78, 5) is 14.9. The number of rotatable bonds is 16. The Bertz CT molecular complexity index is 677. The van der Waals surface area contributed by atoms with Gasteiger partial charge in [-0.3, -0.25) is 4.79 Å². The van der Waals surface area contributed by atoms with E-state index in [-0.39, 0.29) is 16.7 Å². The lowest BCUT2D eigenvalue weighted by atomic mass is 9.77. The van der Waals surface area contributed by atoms with Gasteiger partial charge < -0.3 is 20.7 Å². The lowest BCUT2D eigenvalue weighted by Crippen LogP contribution is -2.36. The highest BCUT2D eigenvalue weighted by Gasteiger charge is 2.32. The van der Waals surface area contributed by atoms with Crippen LogP contribution in [0.4, 0.5) is 0 Å². The largest absolute Gasteiger partial charge is 0.377 e. The van der Waals surface area contributed by atoms with Crippen molar-refractivity contribution in [2.75, 3.05) is 46.2 Å². The fourth-order valence-electron chi connectivity index (χ4n) is 4.79. The molecule has 1 heterocycles. The first kappa shape index (κ1) is 31.6. The van der Waals surface area contributed by atoms with Gasteiger partial charge in [0, 0.05) is 48.9 Å². The van der Waals surface area contributed by atoms with E-state index in [1.807, 2.05) is 40.6 Å². The van der Waals surface area contributed by atoms with Gasteiger partial charge in [0.25, 0.3) is 5.91 Å². The second kappa shape index (κ2) is 16.3. The topological polar surface area (TPSA) is 67.6 Å². The molecule has 1 aliphatic rings. The number of unbranched alkanes of at least 4 members (excludes halogenated alkanes) is 1. The van der Waals surface area contributed by atoms with E-state index < -0.39 is 0 Å². The smallest absolute Gasteiger partial charge is 0.251 e. The van der Waals surface area contributed by atoms with E-state index in [2.05, 4.69) is 52.9 Å². The van der Waals surface area contributed by atoms with Crippen LogP contribution < -0.4 is 11.1 Å². The summed E-state index contributed by atoms with van der Waals surface area (Å²) in [7, 11) is 7.88. The molecule has 1 rings (SSSR count). The minimum Gasteiger partial charge on any atom is -0.377 e. The molecule has 0 aliphatic carbocycles. The monoisotopic (exact) mass is 513 g/mol. The van der Waals surface area contributed by atoms with Crippen molar-refractivity contribution in [2.24, 2.45) is 17.6 Å². The van der Waals surface area contributed by atoms with E-state index in [4.69, 9.17) is 10.5 Å². The summed E-state index contributed by atoms with van der Waals surface area (Å²) in [6.07, 6.45) is 7.54. The van der Waals surface area contributed by atoms with Crippen LogP contribution in [0, 0.1) is 11.8 Å². The Morgan fingerprint density at radius 1 is 1.38 bits per heavy atom. The number of nitrogens with two attached hydrogens (primary N) is 1. The van der Waals surface area contributed by atoms with Crippen LogP contribution in [0.1, 0.15) is 73.6 Å². The minimum absolute atomic E-state index is 0.0300. The van der Waals surface area contributed by atoms with Crippen LogP contribution in [0.5, 0.6) is 0 Å². The number of nitrogens with zero attached hydrogens (tertiary/aromatic N) is 1. The molecule has 1 aliphatic heterocycles. The van der Waals surface area contributed by atoms with Crippen LogP contribution in [0.25, 0.3) is 0 Å². The van der Waals surface area contributed by atoms with Gasteiger partial charge in [-0.2, -0.15) is 0 Å². The van der Waals surface area contributed by atoms with Crippen LogP contribution in [0.15, 0.2) is 22.8 Å². The molecular weight excluding hydrogens is 462 g/mol. The lowest BCUT2D eigenvalue weighted by molar-refractivity contribution is -0.126. The quantitative estimate of drug-likeness (QED) is 0.158. The molecule has 0 bridgehead atoms. The van der Waals surface area contributed by atoms with Gasteiger partial charge in [0.2, 0.25) is 0 Å². The summed E-state index contributed by atoms with van der Waals surface area (Å²) in [5.41, 5.74) is 9.88. The highest BCUT2D eigenvalue weighted by atomic mass is 33.1. The average Bonchev–Trinajstić information content (AvgIpc) is 2.86. The molecule has 0 radical (unpaired) electrons. The van der Waals surface area contributed by atoms with Crippen LogP contribution in [-0.2, 0) is 9.53 Å². The molecule has 1 amide bonds. The molecule has 7 heteroatoms. The Morgan fingerprint density at radius 2 is 2.09 bits per heavy atom. The fourth-order valence-corrected chi connectivity index (χ4v) is 7.41. The van der Waals surface area contributed by atoms with Crippen molar-refractivity contribution in [2.45, 2.75) is 84.4 Å². The summed E-state index contributed by atoms with van der Waals surface area (Å²) < 4.78 is 5.99. The van der Waals surface area contributed by atoms with E-state index >= 15 is 0 Å². The summed E-state index contributed by atoms with van der Waals surface area (Å²) in [6.45, 7) is 16.0. The Kier molecular flexibility index (Phi) is 15.1. The number of likely N-dealkylation sites (N-methyl/N-ethyl adjacent to an activating group) is 1. The maximum atomic E-state index is 13.0. The molecule has 0 fully saturated rings. The van der Waals surface area contributed by atoms with Crippen LogP contribution in [0.3, 0.4) is 0 Å². The molecule has 0 aromatic rings. The molecule has 198 valence electrons. The SMILES string of the molecule is CCCOCC1=C(C)CC(C(CC)/C(=C/CCCSSC(C)(C)CNC)C(C)N)CN(C)C1=O. The molecule has 3 unspecified atom stereocenters.